The summed E-state index contributed by atoms with van der Waals surface area (Å²) >= 11 is 0. The third kappa shape index (κ3) is 5.81. The molecule has 0 heterocycles. The van der Waals surface area contributed by atoms with E-state index in [1.165, 1.54) is 42.0 Å². The molecule has 0 aliphatic heterocycles. The number of sulfonamides is 1. The average molecular weight is 428 g/mol. The summed E-state index contributed by atoms with van der Waals surface area (Å²) in [5.74, 6) is -0.428. The summed E-state index contributed by atoms with van der Waals surface area (Å²) in [5.41, 5.74) is 2.10. The van der Waals surface area contributed by atoms with E-state index in [0.29, 0.717) is 11.4 Å². The molecule has 0 radical (unpaired) electrons. The molecule has 156 valence electrons. The summed E-state index contributed by atoms with van der Waals surface area (Å²) in [6.45, 7) is 1.84. The number of hydrogen-bond donors (Lipinski definition) is 2. The molecule has 0 unspecified atom stereocenters. The van der Waals surface area contributed by atoms with Crippen molar-refractivity contribution in [1.29, 1.82) is 0 Å². The smallest absolute Gasteiger partial charge is 0.262 e. The van der Waals surface area contributed by atoms with Gasteiger partial charge in [0.1, 0.15) is 11.6 Å². The molecule has 0 aliphatic rings. The highest BCUT2D eigenvalue weighted by atomic mass is 32.2. The molecule has 0 aromatic heterocycles. The molecular formula is C22H21FN2O4S. The Balaban J connectivity index is 1.55. The van der Waals surface area contributed by atoms with E-state index < -0.39 is 15.8 Å². The predicted molar refractivity (Wildman–Crippen MR) is 114 cm³/mol. The van der Waals surface area contributed by atoms with Crippen molar-refractivity contribution in [2.45, 2.75) is 18.2 Å². The highest BCUT2D eigenvalue weighted by Gasteiger charge is 2.14. The number of carbonyl (C=O) groups is 1. The molecule has 6 nitrogen and oxygen atoms in total. The third-order valence-electron chi connectivity index (χ3n) is 4.25. The molecule has 0 atom stereocenters. The van der Waals surface area contributed by atoms with Crippen LogP contribution in [0, 0.1) is 5.82 Å². The van der Waals surface area contributed by atoms with Crippen LogP contribution >= 0.6 is 0 Å². The second-order valence-electron chi connectivity index (χ2n) is 6.47. The number of benzene rings is 3. The highest BCUT2D eigenvalue weighted by molar-refractivity contribution is 7.92. The summed E-state index contributed by atoms with van der Waals surface area (Å²) < 4.78 is 45.5. The number of ether oxygens (including phenoxy) is 1. The Morgan fingerprint density at radius 2 is 1.50 bits per heavy atom. The lowest BCUT2D eigenvalue weighted by atomic mass is 10.1. The van der Waals surface area contributed by atoms with E-state index >= 15 is 0 Å². The van der Waals surface area contributed by atoms with Gasteiger partial charge >= 0.3 is 0 Å². The van der Waals surface area contributed by atoms with Crippen molar-refractivity contribution in [3.05, 3.63) is 84.2 Å². The predicted octanol–water partition coefficient (Wildman–Crippen LogP) is 4.21. The van der Waals surface area contributed by atoms with Crippen LogP contribution in [0.3, 0.4) is 0 Å². The average Bonchev–Trinajstić information content (AvgIpc) is 2.74. The summed E-state index contributed by atoms with van der Waals surface area (Å²) in [6.07, 6.45) is 0.919. The SMILES string of the molecule is CCc1ccc(NC(=O)COc2ccc(S(=O)(=O)Nc3ccc(F)cc3)cc2)cc1. The quantitative estimate of drug-likeness (QED) is 0.563. The highest BCUT2D eigenvalue weighted by Crippen LogP contribution is 2.20. The Kier molecular flexibility index (Phi) is 6.68. The van der Waals surface area contributed by atoms with Gasteiger partial charge in [0.15, 0.2) is 6.61 Å². The van der Waals surface area contributed by atoms with Gasteiger partial charge in [-0.05, 0) is 72.6 Å². The van der Waals surface area contributed by atoms with Crippen LogP contribution in [0.1, 0.15) is 12.5 Å². The molecule has 30 heavy (non-hydrogen) atoms. The van der Waals surface area contributed by atoms with E-state index in [2.05, 4.69) is 17.0 Å². The maximum Gasteiger partial charge on any atom is 0.262 e. The number of amides is 1. The summed E-state index contributed by atoms with van der Waals surface area (Å²) in [6, 6.07) is 18.2. The fourth-order valence-electron chi connectivity index (χ4n) is 2.62. The van der Waals surface area contributed by atoms with E-state index in [0.717, 1.165) is 18.6 Å². The van der Waals surface area contributed by atoms with Crippen molar-refractivity contribution in [3.63, 3.8) is 0 Å². The molecule has 2 N–H and O–H groups in total. The zero-order chi connectivity index (χ0) is 21.6. The second-order valence-corrected chi connectivity index (χ2v) is 8.15. The molecule has 0 saturated carbocycles. The van der Waals surface area contributed by atoms with Gasteiger partial charge in [0, 0.05) is 11.4 Å². The lowest BCUT2D eigenvalue weighted by Gasteiger charge is -2.10. The minimum absolute atomic E-state index is 0.0136. The molecule has 3 rings (SSSR count). The molecular weight excluding hydrogens is 407 g/mol. The number of carbonyl (C=O) groups excluding carboxylic acids is 1. The van der Waals surface area contributed by atoms with Crippen molar-refractivity contribution >= 4 is 27.3 Å². The fourth-order valence-corrected chi connectivity index (χ4v) is 3.68. The topological polar surface area (TPSA) is 84.5 Å². The maximum absolute atomic E-state index is 12.9. The molecule has 1 amide bonds. The largest absolute Gasteiger partial charge is 0.484 e. The van der Waals surface area contributed by atoms with Crippen molar-refractivity contribution in [2.75, 3.05) is 16.6 Å². The Morgan fingerprint density at radius 1 is 0.900 bits per heavy atom. The number of anilines is 2. The Morgan fingerprint density at radius 3 is 2.10 bits per heavy atom. The monoisotopic (exact) mass is 428 g/mol. The van der Waals surface area contributed by atoms with Gasteiger partial charge in [0.05, 0.1) is 4.90 Å². The number of nitrogens with one attached hydrogen (secondary N) is 2. The molecule has 0 fully saturated rings. The molecule has 3 aromatic rings. The van der Waals surface area contributed by atoms with Gasteiger partial charge in [-0.3, -0.25) is 9.52 Å². The van der Waals surface area contributed by atoms with Crippen LogP contribution in [-0.4, -0.2) is 20.9 Å². The standard InChI is InChI=1S/C22H21FN2O4S/c1-2-16-3-7-18(8-4-16)24-22(26)15-29-20-11-13-21(14-12-20)30(27,28)25-19-9-5-17(23)6-10-19/h3-14,25H,2,15H2,1H3,(H,24,26). The van der Waals surface area contributed by atoms with Gasteiger partial charge in [-0.1, -0.05) is 19.1 Å². The Hall–Kier alpha value is -3.39. The van der Waals surface area contributed by atoms with Gasteiger partial charge < -0.3 is 10.1 Å². The first-order valence-electron chi connectivity index (χ1n) is 9.26. The molecule has 0 saturated heterocycles. The van der Waals surface area contributed by atoms with E-state index in [1.54, 1.807) is 0 Å². The van der Waals surface area contributed by atoms with Crippen molar-refractivity contribution in [1.82, 2.24) is 0 Å². The Bertz CT molecular complexity index is 1100. The molecule has 3 aromatic carbocycles. The fraction of sp³-hybridized carbons (Fsp3) is 0.136. The lowest BCUT2D eigenvalue weighted by molar-refractivity contribution is -0.118. The van der Waals surface area contributed by atoms with Crippen molar-refractivity contribution < 1.29 is 22.3 Å². The number of rotatable bonds is 8. The van der Waals surface area contributed by atoms with E-state index in [4.69, 9.17) is 4.74 Å². The van der Waals surface area contributed by atoms with E-state index in [9.17, 15) is 17.6 Å². The number of halogens is 1. The van der Waals surface area contributed by atoms with Gasteiger partial charge in [0.25, 0.3) is 15.9 Å². The zero-order valence-electron chi connectivity index (χ0n) is 16.3. The molecule has 0 bridgehead atoms. The summed E-state index contributed by atoms with van der Waals surface area (Å²) in [5, 5.41) is 2.73. The van der Waals surface area contributed by atoms with Crippen LogP contribution in [0.4, 0.5) is 15.8 Å². The first kappa shape index (κ1) is 21.3. The first-order chi connectivity index (χ1) is 14.4. The Labute approximate surface area is 174 Å². The van der Waals surface area contributed by atoms with Crippen LogP contribution in [0.2, 0.25) is 0 Å². The minimum Gasteiger partial charge on any atom is -0.484 e. The first-order valence-corrected chi connectivity index (χ1v) is 10.7. The van der Waals surface area contributed by atoms with Crippen LogP contribution in [0.25, 0.3) is 0 Å². The van der Waals surface area contributed by atoms with Gasteiger partial charge in [-0.15, -0.1) is 0 Å². The van der Waals surface area contributed by atoms with Crippen LogP contribution in [0.15, 0.2) is 77.7 Å². The number of hydrogen-bond acceptors (Lipinski definition) is 4. The number of aryl methyl sites for hydroxylation is 1. The van der Waals surface area contributed by atoms with Crippen LogP contribution in [-0.2, 0) is 21.2 Å². The van der Waals surface area contributed by atoms with Crippen molar-refractivity contribution in [2.24, 2.45) is 0 Å². The second kappa shape index (κ2) is 9.41. The normalized spacial score (nSPS) is 11.0. The lowest BCUT2D eigenvalue weighted by Crippen LogP contribution is -2.20. The molecule has 0 spiro atoms. The summed E-state index contributed by atoms with van der Waals surface area (Å²) in [4.78, 5) is 12.0. The summed E-state index contributed by atoms with van der Waals surface area (Å²) in [7, 11) is -3.83. The van der Waals surface area contributed by atoms with Crippen molar-refractivity contribution in [3.8, 4) is 5.75 Å². The minimum atomic E-state index is -3.83. The van der Waals surface area contributed by atoms with Gasteiger partial charge in [0.2, 0.25) is 0 Å². The maximum atomic E-state index is 12.9. The van der Waals surface area contributed by atoms with Crippen LogP contribution < -0.4 is 14.8 Å². The van der Waals surface area contributed by atoms with Gasteiger partial charge in [-0.25, -0.2) is 12.8 Å². The van der Waals surface area contributed by atoms with E-state index in [-0.39, 0.29) is 23.1 Å². The van der Waals surface area contributed by atoms with Gasteiger partial charge in [-0.2, -0.15) is 0 Å². The zero-order valence-corrected chi connectivity index (χ0v) is 17.1. The molecule has 0 aliphatic carbocycles. The molecule has 8 heteroatoms. The van der Waals surface area contributed by atoms with Crippen LogP contribution in [0.5, 0.6) is 5.75 Å². The third-order valence-corrected chi connectivity index (χ3v) is 5.64. The van der Waals surface area contributed by atoms with E-state index in [1.807, 2.05) is 24.3 Å².